The lowest BCUT2D eigenvalue weighted by atomic mass is 10.2. The molecule has 15 heavy (non-hydrogen) atoms. The summed E-state index contributed by atoms with van der Waals surface area (Å²) >= 11 is 0. The molecule has 90 valence electrons. The van der Waals surface area contributed by atoms with Crippen LogP contribution in [0.15, 0.2) is 0 Å². The van der Waals surface area contributed by atoms with E-state index in [-0.39, 0.29) is 11.9 Å². The molecule has 0 spiro atoms. The zero-order valence-electron chi connectivity index (χ0n) is 9.91. The molecule has 5 heteroatoms. The second-order valence-corrected chi connectivity index (χ2v) is 3.16. The maximum atomic E-state index is 11.4. The van der Waals surface area contributed by atoms with Gasteiger partial charge in [-0.2, -0.15) is 0 Å². The van der Waals surface area contributed by atoms with E-state index >= 15 is 0 Å². The molecule has 0 heterocycles. The number of rotatable bonds is 8. The Hall–Kier alpha value is -0.650. The summed E-state index contributed by atoms with van der Waals surface area (Å²) in [5.41, 5.74) is 0. The van der Waals surface area contributed by atoms with Crippen molar-refractivity contribution in [2.75, 3.05) is 27.9 Å². The lowest BCUT2D eigenvalue weighted by molar-refractivity contribution is -0.138. The van der Waals surface area contributed by atoms with Gasteiger partial charge in [0, 0.05) is 27.8 Å². The molecule has 5 nitrogen and oxygen atoms in total. The third-order valence-electron chi connectivity index (χ3n) is 2.11. The van der Waals surface area contributed by atoms with Gasteiger partial charge in [0.1, 0.15) is 0 Å². The van der Waals surface area contributed by atoms with Gasteiger partial charge in [-0.3, -0.25) is 4.79 Å². The highest BCUT2D eigenvalue weighted by Crippen LogP contribution is 2.03. The quantitative estimate of drug-likeness (QED) is 0.605. The van der Waals surface area contributed by atoms with Gasteiger partial charge in [0.05, 0.1) is 12.6 Å². The first-order chi connectivity index (χ1) is 7.19. The third-order valence-corrected chi connectivity index (χ3v) is 2.11. The summed E-state index contributed by atoms with van der Waals surface area (Å²) < 4.78 is 15.0. The summed E-state index contributed by atoms with van der Waals surface area (Å²) in [6.45, 7) is 2.39. The molecule has 0 saturated heterocycles. The van der Waals surface area contributed by atoms with E-state index < -0.39 is 6.29 Å². The van der Waals surface area contributed by atoms with Crippen molar-refractivity contribution in [2.24, 2.45) is 0 Å². The van der Waals surface area contributed by atoms with Crippen LogP contribution in [0.5, 0.6) is 0 Å². The van der Waals surface area contributed by atoms with E-state index in [9.17, 15) is 4.79 Å². The highest BCUT2D eigenvalue weighted by Gasteiger charge is 2.20. The molecule has 1 atom stereocenters. The first kappa shape index (κ1) is 14.3. The zero-order chi connectivity index (χ0) is 11.7. The van der Waals surface area contributed by atoms with Gasteiger partial charge in [0.2, 0.25) is 5.91 Å². The Labute approximate surface area is 91.1 Å². The van der Waals surface area contributed by atoms with Crippen LogP contribution in [-0.4, -0.2) is 46.2 Å². The van der Waals surface area contributed by atoms with Crippen molar-refractivity contribution in [1.29, 1.82) is 0 Å². The van der Waals surface area contributed by atoms with Crippen LogP contribution < -0.4 is 5.32 Å². The minimum absolute atomic E-state index is 0.0530. The number of hydrogen-bond acceptors (Lipinski definition) is 4. The van der Waals surface area contributed by atoms with Crippen molar-refractivity contribution in [3.05, 3.63) is 0 Å². The third kappa shape index (κ3) is 5.71. The minimum Gasteiger partial charge on any atom is -0.384 e. The number of nitrogens with one attached hydrogen (secondary N) is 1. The Morgan fingerprint density at radius 1 is 1.27 bits per heavy atom. The number of hydrogen-bond donors (Lipinski definition) is 1. The fraction of sp³-hybridized carbons (Fsp3) is 0.900. The van der Waals surface area contributed by atoms with Gasteiger partial charge >= 0.3 is 0 Å². The van der Waals surface area contributed by atoms with Gasteiger partial charge in [0.15, 0.2) is 6.29 Å². The van der Waals surface area contributed by atoms with E-state index in [1.54, 1.807) is 21.3 Å². The molecule has 1 amide bonds. The van der Waals surface area contributed by atoms with Crippen LogP contribution in [0.25, 0.3) is 0 Å². The van der Waals surface area contributed by atoms with E-state index in [0.29, 0.717) is 13.0 Å². The molecule has 0 fully saturated rings. The van der Waals surface area contributed by atoms with Crippen LogP contribution >= 0.6 is 0 Å². The lowest BCUT2D eigenvalue weighted by Crippen LogP contribution is -2.44. The summed E-state index contributed by atoms with van der Waals surface area (Å²) in [5, 5.41) is 2.83. The van der Waals surface area contributed by atoms with E-state index in [2.05, 4.69) is 5.32 Å². The Morgan fingerprint density at radius 3 is 2.27 bits per heavy atom. The number of carbonyl (C=O) groups is 1. The molecule has 0 bridgehead atoms. The Morgan fingerprint density at radius 2 is 1.87 bits per heavy atom. The molecule has 0 aromatic carbocycles. The average Bonchev–Trinajstić information content (AvgIpc) is 2.26. The fourth-order valence-corrected chi connectivity index (χ4v) is 1.26. The first-order valence-corrected chi connectivity index (χ1v) is 5.03. The molecule has 0 aliphatic heterocycles. The number of methoxy groups -OCH3 is 3. The molecule has 0 saturated carbocycles. The normalized spacial score (nSPS) is 12.9. The largest absolute Gasteiger partial charge is 0.384 e. The van der Waals surface area contributed by atoms with Gasteiger partial charge in [-0.15, -0.1) is 0 Å². The lowest BCUT2D eigenvalue weighted by Gasteiger charge is -2.24. The van der Waals surface area contributed by atoms with Crippen LogP contribution in [-0.2, 0) is 19.0 Å². The molecule has 0 aromatic rings. The highest BCUT2D eigenvalue weighted by atomic mass is 16.7. The zero-order valence-corrected chi connectivity index (χ0v) is 9.91. The minimum atomic E-state index is -0.401. The molecular weight excluding hydrogens is 198 g/mol. The van der Waals surface area contributed by atoms with E-state index in [1.165, 1.54) is 0 Å². The summed E-state index contributed by atoms with van der Waals surface area (Å²) in [5.74, 6) is -0.0530. The van der Waals surface area contributed by atoms with Gasteiger partial charge in [-0.25, -0.2) is 0 Å². The Bertz CT molecular complexity index is 171. The molecule has 0 aliphatic rings. The maximum Gasteiger partial charge on any atom is 0.222 e. The van der Waals surface area contributed by atoms with Gasteiger partial charge in [-0.05, 0) is 6.42 Å². The second kappa shape index (κ2) is 8.64. The molecule has 1 N–H and O–H groups in total. The van der Waals surface area contributed by atoms with E-state index in [1.807, 2.05) is 6.92 Å². The van der Waals surface area contributed by atoms with E-state index in [0.717, 1.165) is 6.42 Å². The number of carbonyl (C=O) groups excluding carboxylic acids is 1. The molecule has 0 aliphatic carbocycles. The smallest absolute Gasteiger partial charge is 0.222 e. The van der Waals surface area contributed by atoms with Crippen LogP contribution in [0.4, 0.5) is 0 Å². The molecular formula is C10H21NO4. The summed E-state index contributed by atoms with van der Waals surface area (Å²) in [6.07, 6.45) is 0.708. The second-order valence-electron chi connectivity index (χ2n) is 3.16. The monoisotopic (exact) mass is 219 g/mol. The Balaban J connectivity index is 4.01. The van der Waals surface area contributed by atoms with Gasteiger partial charge < -0.3 is 19.5 Å². The predicted molar refractivity (Wildman–Crippen MR) is 56.5 cm³/mol. The number of ether oxygens (including phenoxy) is 3. The average molecular weight is 219 g/mol. The predicted octanol–water partition coefficient (Wildman–Crippen LogP) is 0.537. The summed E-state index contributed by atoms with van der Waals surface area (Å²) in [4.78, 5) is 11.4. The maximum absolute atomic E-state index is 11.4. The topological polar surface area (TPSA) is 56.8 Å². The number of amides is 1. The molecule has 0 aromatic heterocycles. The van der Waals surface area contributed by atoms with Gasteiger partial charge in [0.25, 0.3) is 0 Å². The first-order valence-electron chi connectivity index (χ1n) is 5.03. The Kier molecular flexibility index (Phi) is 8.27. The van der Waals surface area contributed by atoms with Crippen LogP contribution in [0.1, 0.15) is 19.8 Å². The standard InChI is InChI=1S/C10H21NO4/c1-5-8(10(14-3)15-4)11-9(12)6-7-13-2/h8,10H,5-7H2,1-4H3,(H,11,12). The summed E-state index contributed by atoms with van der Waals surface area (Å²) in [6, 6.07) is -0.121. The van der Waals surface area contributed by atoms with Crippen molar-refractivity contribution in [2.45, 2.75) is 32.1 Å². The summed E-state index contributed by atoms with van der Waals surface area (Å²) in [7, 11) is 4.67. The van der Waals surface area contributed by atoms with Crippen molar-refractivity contribution in [1.82, 2.24) is 5.32 Å². The van der Waals surface area contributed by atoms with Gasteiger partial charge in [-0.1, -0.05) is 6.92 Å². The molecule has 0 rings (SSSR count). The van der Waals surface area contributed by atoms with Crippen molar-refractivity contribution in [3.8, 4) is 0 Å². The SMILES string of the molecule is CCC(NC(=O)CCOC)C(OC)OC. The fourth-order valence-electron chi connectivity index (χ4n) is 1.26. The van der Waals surface area contributed by atoms with Crippen LogP contribution in [0.3, 0.4) is 0 Å². The van der Waals surface area contributed by atoms with Crippen LogP contribution in [0, 0.1) is 0 Å². The van der Waals surface area contributed by atoms with E-state index in [4.69, 9.17) is 14.2 Å². The highest BCUT2D eigenvalue weighted by molar-refractivity contribution is 5.76. The molecule has 0 radical (unpaired) electrons. The molecule has 1 unspecified atom stereocenters. The van der Waals surface area contributed by atoms with Crippen molar-refractivity contribution >= 4 is 5.91 Å². The van der Waals surface area contributed by atoms with Crippen molar-refractivity contribution < 1.29 is 19.0 Å². The van der Waals surface area contributed by atoms with Crippen LogP contribution in [0.2, 0.25) is 0 Å². The van der Waals surface area contributed by atoms with Crippen molar-refractivity contribution in [3.63, 3.8) is 0 Å².